The highest BCUT2D eigenvalue weighted by atomic mass is 35.5. The Morgan fingerprint density at radius 3 is 2.62 bits per heavy atom. The Kier molecular flexibility index (Phi) is 3.12. The van der Waals surface area contributed by atoms with Gasteiger partial charge in [-0.1, -0.05) is 18.2 Å². The van der Waals surface area contributed by atoms with Gasteiger partial charge in [-0.3, -0.25) is 0 Å². The first-order valence-corrected chi connectivity index (χ1v) is 5.24. The molecule has 13 heavy (non-hydrogen) atoms. The van der Waals surface area contributed by atoms with Crippen LogP contribution >= 0.6 is 11.6 Å². The van der Waals surface area contributed by atoms with E-state index in [1.165, 1.54) is 12.8 Å². The number of halogens is 1. The summed E-state index contributed by atoms with van der Waals surface area (Å²) in [6.07, 6.45) is 2.47. The van der Waals surface area contributed by atoms with Crippen LogP contribution < -0.4 is 5.32 Å². The summed E-state index contributed by atoms with van der Waals surface area (Å²) in [5, 5.41) is 3.14. The topological polar surface area (TPSA) is 15.3 Å². The molecule has 0 amide bonds. The number of hydrogen-bond donors (Lipinski definition) is 1. The normalized spacial score (nSPS) is 22.9. The molecule has 0 aromatic carbocycles. The van der Waals surface area contributed by atoms with E-state index >= 15 is 0 Å². The van der Waals surface area contributed by atoms with Gasteiger partial charge in [-0.15, -0.1) is 0 Å². The Bertz CT molecular complexity index is 199. The maximum Gasteiger partial charge on any atom is 0.0995 e. The lowest BCUT2D eigenvalue weighted by atomic mass is 10.0. The van der Waals surface area contributed by atoms with Crippen LogP contribution in [0.4, 0.5) is 0 Å². The Morgan fingerprint density at radius 2 is 2.23 bits per heavy atom. The van der Waals surface area contributed by atoms with Crippen molar-refractivity contribution in [3.05, 3.63) is 12.4 Å². The largest absolute Gasteiger partial charge is 0.356 e. The number of nitrogens with zero attached hydrogens (tertiary/aromatic N) is 1. The highest BCUT2D eigenvalue weighted by Gasteiger charge is 2.32. The van der Waals surface area contributed by atoms with Crippen molar-refractivity contribution in [1.82, 2.24) is 10.2 Å². The van der Waals surface area contributed by atoms with Crippen molar-refractivity contribution < 1.29 is 0 Å². The van der Waals surface area contributed by atoms with Crippen LogP contribution in [0.25, 0.3) is 0 Å². The number of rotatable bonds is 3. The van der Waals surface area contributed by atoms with E-state index < -0.39 is 0 Å². The van der Waals surface area contributed by atoms with Crippen molar-refractivity contribution in [2.24, 2.45) is 0 Å². The Labute approximate surface area is 85.9 Å². The predicted molar refractivity (Wildman–Crippen MR) is 57.6 cm³/mol. The van der Waals surface area contributed by atoms with Crippen molar-refractivity contribution in [2.45, 2.75) is 44.7 Å². The molecule has 1 N–H and O–H groups in total. The van der Waals surface area contributed by atoms with Crippen LogP contribution in [0.5, 0.6) is 0 Å². The molecule has 0 radical (unpaired) electrons. The molecule has 3 heteroatoms. The van der Waals surface area contributed by atoms with Gasteiger partial charge in [0.05, 0.1) is 11.3 Å². The van der Waals surface area contributed by atoms with Gasteiger partial charge in [-0.25, -0.2) is 0 Å². The molecule has 1 saturated heterocycles. The zero-order valence-electron chi connectivity index (χ0n) is 8.73. The van der Waals surface area contributed by atoms with Gasteiger partial charge in [-0.05, 0) is 33.6 Å². The first-order valence-electron chi connectivity index (χ1n) is 4.80. The SMILES string of the molecule is C=C(NC(C)Cl)N1CCCC1(C)C. The summed E-state index contributed by atoms with van der Waals surface area (Å²) in [7, 11) is 0. The van der Waals surface area contributed by atoms with Crippen LogP contribution in [0.3, 0.4) is 0 Å². The zero-order chi connectivity index (χ0) is 10.1. The molecule has 0 spiro atoms. The van der Waals surface area contributed by atoms with E-state index in [0.29, 0.717) is 0 Å². The average molecular weight is 203 g/mol. The Hall–Kier alpha value is -0.370. The fraction of sp³-hybridized carbons (Fsp3) is 0.800. The molecule has 0 bridgehead atoms. The van der Waals surface area contributed by atoms with E-state index in [-0.39, 0.29) is 11.0 Å². The molecular formula is C10H19ClN2. The molecule has 1 heterocycles. The molecular weight excluding hydrogens is 184 g/mol. The Balaban J connectivity index is 2.56. The molecule has 76 valence electrons. The van der Waals surface area contributed by atoms with Crippen LogP contribution in [0.15, 0.2) is 12.4 Å². The van der Waals surface area contributed by atoms with E-state index in [0.717, 1.165) is 12.4 Å². The fourth-order valence-electron chi connectivity index (χ4n) is 1.92. The van der Waals surface area contributed by atoms with E-state index in [2.05, 4.69) is 30.6 Å². The lowest BCUT2D eigenvalue weighted by Gasteiger charge is -2.35. The monoisotopic (exact) mass is 202 g/mol. The summed E-state index contributed by atoms with van der Waals surface area (Å²) < 4.78 is 0. The molecule has 0 saturated carbocycles. The number of likely N-dealkylation sites (tertiary alicyclic amines) is 1. The zero-order valence-corrected chi connectivity index (χ0v) is 9.49. The smallest absolute Gasteiger partial charge is 0.0995 e. The summed E-state index contributed by atoms with van der Waals surface area (Å²) in [6.45, 7) is 11.5. The van der Waals surface area contributed by atoms with Gasteiger partial charge in [0.2, 0.25) is 0 Å². The van der Waals surface area contributed by atoms with Gasteiger partial charge in [0.15, 0.2) is 0 Å². The summed E-state index contributed by atoms with van der Waals surface area (Å²) >= 11 is 5.85. The van der Waals surface area contributed by atoms with Crippen molar-refractivity contribution in [2.75, 3.05) is 6.54 Å². The lowest BCUT2D eigenvalue weighted by molar-refractivity contribution is 0.213. The molecule has 1 rings (SSSR count). The summed E-state index contributed by atoms with van der Waals surface area (Å²) in [6, 6.07) is 0. The van der Waals surface area contributed by atoms with Crippen LogP contribution in [-0.4, -0.2) is 22.5 Å². The first-order chi connectivity index (χ1) is 5.93. The number of hydrogen-bond acceptors (Lipinski definition) is 2. The minimum absolute atomic E-state index is 0.0519. The molecule has 1 aliphatic heterocycles. The second kappa shape index (κ2) is 3.79. The third-order valence-corrected chi connectivity index (χ3v) is 2.70. The quantitative estimate of drug-likeness (QED) is 0.559. The van der Waals surface area contributed by atoms with Gasteiger partial charge < -0.3 is 10.2 Å². The molecule has 0 aliphatic carbocycles. The summed E-state index contributed by atoms with van der Waals surface area (Å²) in [4.78, 5) is 2.30. The first kappa shape index (κ1) is 10.7. The standard InChI is InChI=1S/C10H19ClN2/c1-8(11)12-9(2)13-7-5-6-10(13,3)4/h8,12H,2,5-7H2,1,3-4H3. The van der Waals surface area contributed by atoms with Gasteiger partial charge in [0.25, 0.3) is 0 Å². The fourth-order valence-corrected chi connectivity index (χ4v) is 2.04. The molecule has 1 atom stereocenters. The predicted octanol–water partition coefficient (Wildman–Crippen LogP) is 2.51. The third-order valence-electron chi connectivity index (χ3n) is 2.59. The van der Waals surface area contributed by atoms with Gasteiger partial charge >= 0.3 is 0 Å². The molecule has 1 fully saturated rings. The molecule has 2 nitrogen and oxygen atoms in total. The van der Waals surface area contributed by atoms with Crippen molar-refractivity contribution in [3.8, 4) is 0 Å². The molecule has 0 aromatic heterocycles. The highest BCUT2D eigenvalue weighted by molar-refractivity contribution is 6.20. The lowest BCUT2D eigenvalue weighted by Crippen LogP contribution is -2.42. The van der Waals surface area contributed by atoms with Crippen LogP contribution in [0.1, 0.15) is 33.6 Å². The number of nitrogens with one attached hydrogen (secondary N) is 1. The van der Waals surface area contributed by atoms with Crippen LogP contribution in [0.2, 0.25) is 0 Å². The highest BCUT2D eigenvalue weighted by Crippen LogP contribution is 2.30. The van der Waals surface area contributed by atoms with Gasteiger partial charge in [0.1, 0.15) is 0 Å². The number of alkyl halides is 1. The molecule has 1 unspecified atom stereocenters. The van der Waals surface area contributed by atoms with E-state index in [1.807, 2.05) is 6.92 Å². The van der Waals surface area contributed by atoms with E-state index in [9.17, 15) is 0 Å². The van der Waals surface area contributed by atoms with Crippen molar-refractivity contribution in [3.63, 3.8) is 0 Å². The van der Waals surface area contributed by atoms with Gasteiger partial charge in [-0.2, -0.15) is 0 Å². The summed E-state index contributed by atoms with van der Waals surface area (Å²) in [5.41, 5.74) is 0.180. The van der Waals surface area contributed by atoms with E-state index in [4.69, 9.17) is 11.6 Å². The van der Waals surface area contributed by atoms with Crippen molar-refractivity contribution in [1.29, 1.82) is 0 Å². The molecule has 0 aromatic rings. The second-order valence-electron chi connectivity index (χ2n) is 4.27. The Morgan fingerprint density at radius 1 is 1.62 bits per heavy atom. The van der Waals surface area contributed by atoms with Crippen molar-refractivity contribution >= 4 is 11.6 Å². The van der Waals surface area contributed by atoms with Crippen LogP contribution in [0, 0.1) is 0 Å². The van der Waals surface area contributed by atoms with Gasteiger partial charge in [0, 0.05) is 12.1 Å². The van der Waals surface area contributed by atoms with Crippen LogP contribution in [-0.2, 0) is 0 Å². The summed E-state index contributed by atoms with van der Waals surface area (Å²) in [5.74, 6) is 0.949. The van der Waals surface area contributed by atoms with E-state index in [1.54, 1.807) is 0 Å². The minimum atomic E-state index is -0.0519. The molecule has 1 aliphatic rings. The maximum atomic E-state index is 5.85. The average Bonchev–Trinajstić information content (AvgIpc) is 2.27. The second-order valence-corrected chi connectivity index (χ2v) is 4.93. The third kappa shape index (κ3) is 2.53. The minimum Gasteiger partial charge on any atom is -0.356 e. The maximum absolute atomic E-state index is 5.85.